The van der Waals surface area contributed by atoms with Crippen molar-refractivity contribution in [2.75, 3.05) is 6.61 Å². The Morgan fingerprint density at radius 3 is 2.94 bits per heavy atom. The zero-order valence-corrected chi connectivity index (χ0v) is 12.7. The fourth-order valence-corrected chi connectivity index (χ4v) is 3.66. The van der Waals surface area contributed by atoms with Crippen molar-refractivity contribution >= 4 is 54.4 Å². The van der Waals surface area contributed by atoms with Crippen LogP contribution in [0.1, 0.15) is 11.3 Å². The molecule has 0 spiro atoms. The van der Waals surface area contributed by atoms with Gasteiger partial charge in [-0.1, -0.05) is 27.5 Å². The van der Waals surface area contributed by atoms with Crippen LogP contribution in [0.25, 0.3) is 10.9 Å². The first-order chi connectivity index (χ1) is 8.16. The summed E-state index contributed by atoms with van der Waals surface area (Å²) < 4.78 is 7.38. The number of benzene rings is 1. The normalized spacial score (nSPS) is 15.0. The third kappa shape index (κ3) is 2.01. The third-order valence-corrected chi connectivity index (χ3v) is 4.35. The lowest BCUT2D eigenvalue weighted by Crippen LogP contribution is -2.12. The van der Waals surface area contributed by atoms with Gasteiger partial charge < -0.3 is 4.74 Å². The lowest BCUT2D eigenvalue weighted by atomic mass is 10.1. The van der Waals surface area contributed by atoms with E-state index in [2.05, 4.69) is 36.8 Å². The highest BCUT2D eigenvalue weighted by Crippen LogP contribution is 2.36. The number of ether oxygens (including phenoxy) is 1. The molecule has 0 bridgehead atoms. The molecule has 2 heterocycles. The summed E-state index contributed by atoms with van der Waals surface area (Å²) in [6, 6.07) is 3.97. The van der Waals surface area contributed by atoms with E-state index in [9.17, 15) is 0 Å². The van der Waals surface area contributed by atoms with Gasteiger partial charge >= 0.3 is 0 Å². The highest BCUT2D eigenvalue weighted by molar-refractivity contribution is 9.11. The molecule has 88 valence electrons. The molecule has 0 radical (unpaired) electrons. The Balaban J connectivity index is 2.40. The number of hydrogen-bond donors (Lipinski definition) is 0. The van der Waals surface area contributed by atoms with Gasteiger partial charge in [-0.05, 0) is 28.1 Å². The lowest BCUT2D eigenvalue weighted by Gasteiger charge is -2.18. The predicted molar refractivity (Wildman–Crippen MR) is 75.5 cm³/mol. The summed E-state index contributed by atoms with van der Waals surface area (Å²) in [6.07, 6.45) is 0.827. The summed E-state index contributed by atoms with van der Waals surface area (Å²) >= 11 is 13.4. The third-order valence-electron chi connectivity index (χ3n) is 2.85. The summed E-state index contributed by atoms with van der Waals surface area (Å²) in [5.41, 5.74) is 2.99. The molecule has 0 aliphatic carbocycles. The van der Waals surface area contributed by atoms with Crippen molar-refractivity contribution in [1.29, 1.82) is 0 Å². The fourth-order valence-electron chi connectivity index (χ4n) is 2.04. The molecule has 0 saturated heterocycles. The van der Waals surface area contributed by atoms with E-state index in [1.807, 2.05) is 12.1 Å². The molecule has 5 heteroatoms. The minimum Gasteiger partial charge on any atom is -0.376 e. The van der Waals surface area contributed by atoms with Crippen molar-refractivity contribution < 1.29 is 4.74 Å². The molecule has 0 unspecified atom stereocenters. The monoisotopic (exact) mass is 375 g/mol. The number of fused-ring (bicyclic) bond motifs is 2. The quantitative estimate of drug-likeness (QED) is 0.675. The first-order valence-corrected chi connectivity index (χ1v) is 7.17. The Morgan fingerprint density at radius 2 is 2.12 bits per heavy atom. The summed E-state index contributed by atoms with van der Waals surface area (Å²) in [6.45, 7) is 1.28. The first kappa shape index (κ1) is 11.9. The molecule has 0 atom stereocenters. The second-order valence-corrected chi connectivity index (χ2v) is 6.09. The minimum atomic E-state index is 0.557. The molecule has 0 fully saturated rings. The number of hydrogen-bond acceptors (Lipinski definition) is 2. The van der Waals surface area contributed by atoms with Crippen molar-refractivity contribution in [2.45, 2.75) is 13.0 Å². The molecule has 1 aliphatic heterocycles. The van der Waals surface area contributed by atoms with Gasteiger partial charge in [-0.15, -0.1) is 0 Å². The van der Waals surface area contributed by atoms with Crippen LogP contribution in [0.5, 0.6) is 0 Å². The van der Waals surface area contributed by atoms with Crippen LogP contribution in [0.15, 0.2) is 21.1 Å². The van der Waals surface area contributed by atoms with Crippen molar-refractivity contribution in [2.24, 2.45) is 0 Å². The van der Waals surface area contributed by atoms with E-state index in [1.165, 1.54) is 0 Å². The second-order valence-electron chi connectivity index (χ2n) is 3.94. The van der Waals surface area contributed by atoms with Crippen LogP contribution >= 0.6 is 43.5 Å². The van der Waals surface area contributed by atoms with Crippen LogP contribution in [0, 0.1) is 0 Å². The Bertz CT molecular complexity index is 615. The average Bonchev–Trinajstić information content (AvgIpc) is 2.31. The van der Waals surface area contributed by atoms with Gasteiger partial charge in [-0.2, -0.15) is 0 Å². The van der Waals surface area contributed by atoms with Gasteiger partial charge in [0.2, 0.25) is 0 Å². The molecule has 1 aliphatic rings. The van der Waals surface area contributed by atoms with Crippen LogP contribution in [0.4, 0.5) is 0 Å². The van der Waals surface area contributed by atoms with E-state index in [1.54, 1.807) is 0 Å². The average molecular weight is 377 g/mol. The van der Waals surface area contributed by atoms with E-state index in [0.717, 1.165) is 49.2 Å². The standard InChI is InChI=1S/C12H8Br2ClNO/c13-6-3-7-11(15)8-5-17-2-1-10(8)16-12(7)9(14)4-6/h3-4H,1-2,5H2. The SMILES string of the molecule is Clc1c2c(nc3c(Br)cc(Br)cc13)CCOC2. The summed E-state index contributed by atoms with van der Waals surface area (Å²) in [5, 5.41) is 1.71. The number of aromatic nitrogens is 1. The summed E-state index contributed by atoms with van der Waals surface area (Å²) in [7, 11) is 0. The Kier molecular flexibility index (Phi) is 3.15. The van der Waals surface area contributed by atoms with E-state index >= 15 is 0 Å². The van der Waals surface area contributed by atoms with Crippen molar-refractivity contribution in [1.82, 2.24) is 4.98 Å². The van der Waals surface area contributed by atoms with Crippen LogP contribution in [-0.2, 0) is 17.8 Å². The second kappa shape index (κ2) is 4.50. The van der Waals surface area contributed by atoms with Gasteiger partial charge in [-0.3, -0.25) is 4.98 Å². The Labute approximate surface area is 121 Å². The maximum atomic E-state index is 6.44. The molecular formula is C12H8Br2ClNO. The molecule has 3 rings (SSSR count). The smallest absolute Gasteiger partial charge is 0.0863 e. The van der Waals surface area contributed by atoms with E-state index in [4.69, 9.17) is 16.3 Å². The maximum absolute atomic E-state index is 6.44. The Hall–Kier alpha value is -0.160. The van der Waals surface area contributed by atoms with Crippen LogP contribution < -0.4 is 0 Å². The van der Waals surface area contributed by atoms with Crippen molar-refractivity contribution in [3.8, 4) is 0 Å². The van der Waals surface area contributed by atoms with E-state index in [0.29, 0.717) is 6.61 Å². The predicted octanol–water partition coefficient (Wildman–Crippen LogP) is 4.49. The topological polar surface area (TPSA) is 22.1 Å². The van der Waals surface area contributed by atoms with Gasteiger partial charge in [0.1, 0.15) is 0 Å². The number of halogens is 3. The highest BCUT2D eigenvalue weighted by Gasteiger charge is 2.18. The van der Waals surface area contributed by atoms with Gasteiger partial charge in [0.05, 0.1) is 29.4 Å². The zero-order valence-electron chi connectivity index (χ0n) is 8.77. The maximum Gasteiger partial charge on any atom is 0.0863 e. The lowest BCUT2D eigenvalue weighted by molar-refractivity contribution is 0.109. The number of pyridine rings is 1. The van der Waals surface area contributed by atoms with Gasteiger partial charge in [0.25, 0.3) is 0 Å². The molecule has 2 aromatic rings. The molecule has 0 saturated carbocycles. The van der Waals surface area contributed by atoms with Gasteiger partial charge in [0, 0.05) is 26.3 Å². The van der Waals surface area contributed by atoms with E-state index in [-0.39, 0.29) is 0 Å². The van der Waals surface area contributed by atoms with Crippen LogP contribution in [0.3, 0.4) is 0 Å². The molecule has 2 nitrogen and oxygen atoms in total. The fraction of sp³-hybridized carbons (Fsp3) is 0.250. The van der Waals surface area contributed by atoms with Gasteiger partial charge in [-0.25, -0.2) is 0 Å². The molecule has 1 aromatic heterocycles. The van der Waals surface area contributed by atoms with E-state index < -0.39 is 0 Å². The highest BCUT2D eigenvalue weighted by atomic mass is 79.9. The first-order valence-electron chi connectivity index (χ1n) is 5.20. The molecular weight excluding hydrogens is 369 g/mol. The number of nitrogens with zero attached hydrogens (tertiary/aromatic N) is 1. The van der Waals surface area contributed by atoms with Gasteiger partial charge in [0.15, 0.2) is 0 Å². The molecule has 0 amide bonds. The zero-order chi connectivity index (χ0) is 12.0. The summed E-state index contributed by atoms with van der Waals surface area (Å²) in [4.78, 5) is 4.69. The summed E-state index contributed by atoms with van der Waals surface area (Å²) in [5.74, 6) is 0. The van der Waals surface area contributed by atoms with Crippen molar-refractivity contribution in [3.63, 3.8) is 0 Å². The Morgan fingerprint density at radius 1 is 1.29 bits per heavy atom. The van der Waals surface area contributed by atoms with Crippen LogP contribution in [0.2, 0.25) is 5.02 Å². The molecule has 0 N–H and O–H groups in total. The largest absolute Gasteiger partial charge is 0.376 e. The molecule has 1 aromatic carbocycles. The van der Waals surface area contributed by atoms with Crippen molar-refractivity contribution in [3.05, 3.63) is 37.4 Å². The number of rotatable bonds is 0. The minimum absolute atomic E-state index is 0.557. The molecule has 17 heavy (non-hydrogen) atoms. The van der Waals surface area contributed by atoms with Crippen LogP contribution in [-0.4, -0.2) is 11.6 Å².